The van der Waals surface area contributed by atoms with Gasteiger partial charge in [-0.05, 0) is 24.3 Å². The van der Waals surface area contributed by atoms with Gasteiger partial charge in [0.1, 0.15) is 0 Å². The van der Waals surface area contributed by atoms with Crippen molar-refractivity contribution in [3.63, 3.8) is 0 Å². The minimum absolute atomic E-state index is 0.321. The lowest BCUT2D eigenvalue weighted by atomic mass is 10.1. The van der Waals surface area contributed by atoms with Crippen LogP contribution in [0, 0.1) is 0 Å². The van der Waals surface area contributed by atoms with Crippen LogP contribution in [0.2, 0.25) is 0 Å². The van der Waals surface area contributed by atoms with E-state index in [1.54, 1.807) is 30.3 Å². The Morgan fingerprint density at radius 1 is 0.952 bits per heavy atom. The number of anilines is 2. The first-order chi connectivity index (χ1) is 9.88. The molecule has 0 atom stereocenters. The molecule has 0 fully saturated rings. The molecule has 0 saturated carbocycles. The molecule has 2 aromatic carbocycles. The number of alkyl halides is 3. The zero-order valence-corrected chi connectivity index (χ0v) is 10.6. The third-order valence-electron chi connectivity index (χ3n) is 2.62. The molecule has 0 saturated heterocycles. The summed E-state index contributed by atoms with van der Waals surface area (Å²) >= 11 is 0. The van der Waals surface area contributed by atoms with Crippen LogP contribution in [-0.2, 0) is 6.18 Å². The van der Waals surface area contributed by atoms with Gasteiger partial charge in [0.05, 0.1) is 11.3 Å². The van der Waals surface area contributed by atoms with Gasteiger partial charge in [-0.25, -0.2) is 4.79 Å². The predicted octanol–water partition coefficient (Wildman–Crippen LogP) is 4.06. The number of urea groups is 1. The summed E-state index contributed by atoms with van der Waals surface area (Å²) in [5.74, 6) is -1.02. The molecule has 0 spiro atoms. The number of para-hydroxylation sites is 2. The Morgan fingerprint density at radius 2 is 1.62 bits per heavy atom. The van der Waals surface area contributed by atoms with E-state index in [0.29, 0.717) is 5.69 Å². The van der Waals surface area contributed by atoms with Crippen molar-refractivity contribution in [1.82, 2.24) is 0 Å². The molecule has 3 N–H and O–H groups in total. The van der Waals surface area contributed by atoms with Crippen LogP contribution in [0.3, 0.4) is 0 Å². The van der Waals surface area contributed by atoms with Gasteiger partial charge in [-0.2, -0.15) is 13.2 Å². The predicted molar refractivity (Wildman–Crippen MR) is 72.2 cm³/mol. The smallest absolute Gasteiger partial charge is 0.420 e. The Kier molecular flexibility index (Phi) is 4.02. The van der Waals surface area contributed by atoms with E-state index in [2.05, 4.69) is 10.6 Å². The number of rotatable bonds is 2. The number of carbonyl (C=O) groups is 1. The minimum Gasteiger partial charge on any atom is -0.505 e. The van der Waals surface area contributed by atoms with Gasteiger partial charge in [-0.3, -0.25) is 0 Å². The van der Waals surface area contributed by atoms with Crippen molar-refractivity contribution < 1.29 is 23.1 Å². The zero-order valence-electron chi connectivity index (χ0n) is 10.6. The van der Waals surface area contributed by atoms with Gasteiger partial charge in [-0.1, -0.05) is 24.3 Å². The summed E-state index contributed by atoms with van der Waals surface area (Å²) in [5.41, 5.74) is -1.06. The molecule has 0 aliphatic heterocycles. The Labute approximate surface area is 118 Å². The van der Waals surface area contributed by atoms with Gasteiger partial charge in [0.15, 0.2) is 5.75 Å². The maximum Gasteiger partial charge on any atom is 0.420 e. The van der Waals surface area contributed by atoms with Crippen LogP contribution in [0.15, 0.2) is 48.5 Å². The molecule has 7 heteroatoms. The standard InChI is InChI=1S/C14H11F3N2O2/c15-14(16,17)10-7-4-8-11(12(10)20)19-13(21)18-9-5-2-1-3-6-9/h1-8,20H,(H2,18,19,21). The van der Waals surface area contributed by atoms with Crippen LogP contribution in [0.25, 0.3) is 0 Å². The molecule has 110 valence electrons. The molecule has 2 amide bonds. The van der Waals surface area contributed by atoms with Gasteiger partial charge in [0.2, 0.25) is 0 Å². The second-order valence-electron chi connectivity index (χ2n) is 4.14. The third kappa shape index (κ3) is 3.65. The fourth-order valence-electron chi connectivity index (χ4n) is 1.68. The number of phenols is 1. The molecule has 2 aromatic rings. The topological polar surface area (TPSA) is 61.4 Å². The van der Waals surface area contributed by atoms with E-state index in [1.807, 2.05) is 0 Å². The number of aromatic hydroxyl groups is 1. The van der Waals surface area contributed by atoms with Crippen LogP contribution < -0.4 is 10.6 Å². The summed E-state index contributed by atoms with van der Waals surface area (Å²) in [6, 6.07) is 10.6. The van der Waals surface area contributed by atoms with Gasteiger partial charge >= 0.3 is 12.2 Å². The molecule has 0 heterocycles. The second kappa shape index (κ2) is 5.74. The zero-order chi connectivity index (χ0) is 15.5. The van der Waals surface area contributed by atoms with Crippen LogP contribution in [0.5, 0.6) is 5.75 Å². The molecule has 21 heavy (non-hydrogen) atoms. The Balaban J connectivity index is 2.15. The normalized spacial score (nSPS) is 11.0. The van der Waals surface area contributed by atoms with E-state index in [1.165, 1.54) is 6.07 Å². The number of nitrogens with one attached hydrogen (secondary N) is 2. The number of carbonyl (C=O) groups excluding carboxylic acids is 1. The van der Waals surface area contributed by atoms with Crippen molar-refractivity contribution in [2.45, 2.75) is 6.18 Å². The molecule has 0 aliphatic carbocycles. The number of phenolic OH excluding ortho intramolecular Hbond substituents is 1. The first kappa shape index (κ1) is 14.7. The van der Waals surface area contributed by atoms with Crippen molar-refractivity contribution in [3.8, 4) is 5.75 Å². The minimum atomic E-state index is -4.70. The summed E-state index contributed by atoms with van der Waals surface area (Å²) in [5, 5.41) is 14.2. The van der Waals surface area contributed by atoms with Crippen LogP contribution in [-0.4, -0.2) is 11.1 Å². The maximum atomic E-state index is 12.6. The van der Waals surface area contributed by atoms with Gasteiger partial charge < -0.3 is 15.7 Å². The van der Waals surface area contributed by atoms with Crippen molar-refractivity contribution in [3.05, 3.63) is 54.1 Å². The van der Waals surface area contributed by atoms with Gasteiger partial charge in [0, 0.05) is 5.69 Å². The molecule has 4 nitrogen and oxygen atoms in total. The lowest BCUT2D eigenvalue weighted by Gasteiger charge is -2.13. The first-order valence-electron chi connectivity index (χ1n) is 5.90. The van der Waals surface area contributed by atoms with Gasteiger partial charge in [0.25, 0.3) is 0 Å². The fraction of sp³-hybridized carbons (Fsp3) is 0.0714. The molecule has 0 bridgehead atoms. The van der Waals surface area contributed by atoms with E-state index < -0.39 is 23.5 Å². The third-order valence-corrected chi connectivity index (χ3v) is 2.62. The second-order valence-corrected chi connectivity index (χ2v) is 4.14. The molecule has 0 unspecified atom stereocenters. The summed E-state index contributed by atoms with van der Waals surface area (Å²) in [6.45, 7) is 0. The van der Waals surface area contributed by atoms with Gasteiger partial charge in [-0.15, -0.1) is 0 Å². The van der Waals surface area contributed by atoms with Crippen molar-refractivity contribution >= 4 is 17.4 Å². The Hall–Kier alpha value is -2.70. The van der Waals surface area contributed by atoms with Crippen LogP contribution >= 0.6 is 0 Å². The maximum absolute atomic E-state index is 12.6. The highest BCUT2D eigenvalue weighted by Gasteiger charge is 2.34. The molecule has 0 radical (unpaired) electrons. The summed E-state index contributed by atoms with van der Waals surface area (Å²) in [6.07, 6.45) is -4.70. The largest absolute Gasteiger partial charge is 0.505 e. The average Bonchev–Trinajstić information content (AvgIpc) is 2.41. The van der Waals surface area contributed by atoms with Crippen molar-refractivity contribution in [2.24, 2.45) is 0 Å². The summed E-state index contributed by atoms with van der Waals surface area (Å²) in [4.78, 5) is 11.7. The van der Waals surface area contributed by atoms with E-state index in [0.717, 1.165) is 12.1 Å². The number of hydrogen-bond donors (Lipinski definition) is 3. The van der Waals surface area contributed by atoms with E-state index in [9.17, 15) is 23.1 Å². The summed E-state index contributed by atoms with van der Waals surface area (Å²) in [7, 11) is 0. The van der Waals surface area contributed by atoms with Crippen molar-refractivity contribution in [1.29, 1.82) is 0 Å². The lowest BCUT2D eigenvalue weighted by Crippen LogP contribution is -2.20. The van der Waals surface area contributed by atoms with E-state index in [4.69, 9.17) is 0 Å². The van der Waals surface area contributed by atoms with Crippen LogP contribution in [0.1, 0.15) is 5.56 Å². The van der Waals surface area contributed by atoms with Crippen LogP contribution in [0.4, 0.5) is 29.3 Å². The van der Waals surface area contributed by atoms with E-state index >= 15 is 0 Å². The summed E-state index contributed by atoms with van der Waals surface area (Å²) < 4.78 is 37.9. The average molecular weight is 296 g/mol. The molecule has 0 aromatic heterocycles. The SMILES string of the molecule is O=C(Nc1ccccc1)Nc1cccc(C(F)(F)F)c1O. The number of halogens is 3. The highest BCUT2D eigenvalue weighted by atomic mass is 19.4. The first-order valence-corrected chi connectivity index (χ1v) is 5.90. The lowest BCUT2D eigenvalue weighted by molar-refractivity contribution is -0.138. The molecule has 2 rings (SSSR count). The highest BCUT2D eigenvalue weighted by Crippen LogP contribution is 2.39. The Bertz CT molecular complexity index is 642. The van der Waals surface area contributed by atoms with Crippen molar-refractivity contribution in [2.75, 3.05) is 10.6 Å². The molecular weight excluding hydrogens is 285 g/mol. The molecule has 0 aliphatic rings. The van der Waals surface area contributed by atoms with E-state index in [-0.39, 0.29) is 5.69 Å². The molecular formula is C14H11F3N2O2. The fourth-order valence-corrected chi connectivity index (χ4v) is 1.68. The number of hydrogen-bond acceptors (Lipinski definition) is 2. The highest BCUT2D eigenvalue weighted by molar-refractivity contribution is 6.00. The monoisotopic (exact) mass is 296 g/mol. The Morgan fingerprint density at radius 3 is 2.24 bits per heavy atom. The number of amides is 2. The quantitative estimate of drug-likeness (QED) is 0.732. The number of benzene rings is 2.